The molecule has 0 spiro atoms. The molecule has 1 rings (SSSR count). The van der Waals surface area contributed by atoms with E-state index in [-0.39, 0.29) is 0 Å². The Kier molecular flexibility index (Phi) is 3.47. The van der Waals surface area contributed by atoms with Crippen molar-refractivity contribution in [3.63, 3.8) is 0 Å². The van der Waals surface area contributed by atoms with Crippen molar-refractivity contribution in [2.75, 3.05) is 0 Å². The number of benzene rings is 1. The summed E-state index contributed by atoms with van der Waals surface area (Å²) in [6.45, 7) is 0. The Morgan fingerprint density at radius 2 is 2.08 bits per heavy atom. The summed E-state index contributed by atoms with van der Waals surface area (Å²) in [6, 6.07) is 6.77. The molecule has 0 saturated heterocycles. The van der Waals surface area contributed by atoms with Crippen LogP contribution in [0, 0.1) is 0 Å². The van der Waals surface area contributed by atoms with Crippen molar-refractivity contribution in [3.8, 4) is 5.75 Å². The fraction of sp³-hybridized carbons (Fsp3) is 0. The van der Waals surface area contributed by atoms with Gasteiger partial charge < -0.3 is 4.52 Å². The molecule has 0 fully saturated rings. The molecule has 1 aromatic carbocycles. The van der Waals surface area contributed by atoms with E-state index in [1.165, 1.54) is 0 Å². The molecule has 0 heterocycles. The van der Waals surface area contributed by atoms with E-state index >= 15 is 0 Å². The number of hydrogen-bond donors (Lipinski definition) is 0. The summed E-state index contributed by atoms with van der Waals surface area (Å²) in [7, 11) is 0. The average molecular weight is 290 g/mol. The van der Waals surface area contributed by atoms with Gasteiger partial charge in [0, 0.05) is 27.0 Å². The average Bonchev–Trinajstić information content (AvgIpc) is 1.82. The SMILES string of the molecule is O=P(Cl)(Cl)Oc1cccc(Br)c1. The van der Waals surface area contributed by atoms with Crippen LogP contribution in [0.2, 0.25) is 0 Å². The molecule has 12 heavy (non-hydrogen) atoms. The van der Waals surface area contributed by atoms with Gasteiger partial charge in [0.05, 0.1) is 0 Å². The van der Waals surface area contributed by atoms with Crippen molar-refractivity contribution in [1.82, 2.24) is 0 Å². The minimum absolute atomic E-state index is 0.373. The highest BCUT2D eigenvalue weighted by Gasteiger charge is 2.15. The van der Waals surface area contributed by atoms with Crippen LogP contribution < -0.4 is 4.52 Å². The van der Waals surface area contributed by atoms with Gasteiger partial charge in [-0.15, -0.1) is 0 Å². The smallest absolute Gasteiger partial charge is 0.422 e. The third-order valence-electron chi connectivity index (χ3n) is 1.01. The number of hydrogen-bond acceptors (Lipinski definition) is 2. The molecule has 0 aliphatic heterocycles. The minimum atomic E-state index is -3.48. The van der Waals surface area contributed by atoms with Crippen molar-refractivity contribution >= 4 is 44.5 Å². The highest BCUT2D eigenvalue weighted by atomic mass is 79.9. The zero-order chi connectivity index (χ0) is 9.19. The van der Waals surface area contributed by atoms with Crippen LogP contribution in [-0.2, 0) is 4.57 Å². The Balaban J connectivity index is 2.84. The van der Waals surface area contributed by atoms with Gasteiger partial charge in [0.25, 0.3) is 0 Å². The molecule has 0 aliphatic carbocycles. The topological polar surface area (TPSA) is 26.3 Å². The summed E-state index contributed by atoms with van der Waals surface area (Å²) >= 11 is 13.6. The van der Waals surface area contributed by atoms with E-state index in [9.17, 15) is 4.57 Å². The summed E-state index contributed by atoms with van der Waals surface area (Å²) in [5.74, 6) is 0.373. The van der Waals surface area contributed by atoms with Gasteiger partial charge in [0.2, 0.25) is 0 Å². The minimum Gasteiger partial charge on any atom is -0.422 e. The molecule has 1 aromatic rings. The van der Waals surface area contributed by atoms with Crippen molar-refractivity contribution in [2.24, 2.45) is 0 Å². The van der Waals surface area contributed by atoms with Crippen LogP contribution in [0.1, 0.15) is 0 Å². The fourth-order valence-electron chi connectivity index (χ4n) is 0.647. The van der Waals surface area contributed by atoms with Crippen LogP contribution >= 0.6 is 44.5 Å². The Labute approximate surface area is 88.0 Å². The Hall–Kier alpha value is 0.310. The van der Waals surface area contributed by atoms with Gasteiger partial charge in [-0.25, -0.2) is 4.57 Å². The summed E-state index contributed by atoms with van der Waals surface area (Å²) in [5.41, 5.74) is 0. The van der Waals surface area contributed by atoms with Gasteiger partial charge in [-0.05, 0) is 18.2 Å². The van der Waals surface area contributed by atoms with Crippen LogP contribution in [0.4, 0.5) is 0 Å². The van der Waals surface area contributed by atoms with Crippen LogP contribution in [0.5, 0.6) is 5.75 Å². The van der Waals surface area contributed by atoms with Crippen molar-refractivity contribution in [1.29, 1.82) is 0 Å². The summed E-state index contributed by atoms with van der Waals surface area (Å²) < 4.78 is 16.3. The predicted octanol–water partition coefficient (Wildman–Crippen LogP) is 4.41. The maximum atomic E-state index is 10.8. The zero-order valence-corrected chi connectivity index (χ0v) is 9.70. The van der Waals surface area contributed by atoms with Crippen molar-refractivity contribution in [2.45, 2.75) is 0 Å². The molecule has 0 N–H and O–H groups in total. The van der Waals surface area contributed by atoms with E-state index in [0.29, 0.717) is 5.75 Å². The predicted molar refractivity (Wildman–Crippen MR) is 54.1 cm³/mol. The lowest BCUT2D eigenvalue weighted by Gasteiger charge is -2.05. The van der Waals surface area contributed by atoms with Crippen molar-refractivity contribution < 1.29 is 9.09 Å². The first-order chi connectivity index (χ1) is 5.47. The molecule has 2 nitrogen and oxygen atoms in total. The van der Waals surface area contributed by atoms with E-state index < -0.39 is 6.07 Å². The summed E-state index contributed by atoms with van der Waals surface area (Å²) in [4.78, 5) is 0. The van der Waals surface area contributed by atoms with Crippen LogP contribution in [0.15, 0.2) is 28.7 Å². The van der Waals surface area contributed by atoms with Gasteiger partial charge in [-0.2, -0.15) is 0 Å². The summed E-state index contributed by atoms with van der Waals surface area (Å²) in [6.07, 6.45) is -3.48. The second-order valence-corrected chi connectivity index (χ2v) is 7.08. The second kappa shape index (κ2) is 4.01. The second-order valence-electron chi connectivity index (χ2n) is 1.96. The maximum Gasteiger partial charge on any atom is 0.428 e. The molecule has 0 amide bonds. The molecule has 0 saturated carbocycles. The Morgan fingerprint density at radius 3 is 2.58 bits per heavy atom. The van der Waals surface area contributed by atoms with E-state index in [4.69, 9.17) is 27.0 Å². The van der Waals surface area contributed by atoms with Crippen LogP contribution in [0.25, 0.3) is 0 Å². The zero-order valence-electron chi connectivity index (χ0n) is 5.71. The molecule has 0 unspecified atom stereocenters. The lowest BCUT2D eigenvalue weighted by Crippen LogP contribution is -1.80. The van der Waals surface area contributed by atoms with Gasteiger partial charge in [-0.1, -0.05) is 22.0 Å². The lowest BCUT2D eigenvalue weighted by molar-refractivity contribution is 0.513. The number of halogens is 3. The first-order valence-corrected chi connectivity index (χ1v) is 7.15. The standard InChI is InChI=1S/C6H4BrCl2O2P/c7-5-2-1-3-6(4-5)11-12(8,9)10/h1-4H. The molecule has 0 radical (unpaired) electrons. The first kappa shape index (κ1) is 10.4. The van der Waals surface area contributed by atoms with Crippen molar-refractivity contribution in [3.05, 3.63) is 28.7 Å². The first-order valence-electron chi connectivity index (χ1n) is 2.92. The van der Waals surface area contributed by atoms with E-state index in [1.807, 2.05) is 0 Å². The Morgan fingerprint density at radius 1 is 1.42 bits per heavy atom. The highest BCUT2D eigenvalue weighted by Crippen LogP contribution is 2.57. The van der Waals surface area contributed by atoms with Gasteiger partial charge in [0.1, 0.15) is 5.75 Å². The number of rotatable bonds is 2. The van der Waals surface area contributed by atoms with Crippen LogP contribution in [0.3, 0.4) is 0 Å². The third kappa shape index (κ3) is 3.81. The van der Waals surface area contributed by atoms with Gasteiger partial charge >= 0.3 is 6.07 Å². The van der Waals surface area contributed by atoms with E-state index in [1.54, 1.807) is 24.3 Å². The quantitative estimate of drug-likeness (QED) is 0.754. The molecule has 0 aliphatic rings. The molecule has 0 bridgehead atoms. The molecule has 0 aromatic heterocycles. The van der Waals surface area contributed by atoms with E-state index in [0.717, 1.165) is 4.47 Å². The monoisotopic (exact) mass is 288 g/mol. The van der Waals surface area contributed by atoms with Gasteiger partial charge in [0.15, 0.2) is 0 Å². The Bertz CT molecular complexity index is 325. The lowest BCUT2D eigenvalue weighted by atomic mass is 10.3. The maximum absolute atomic E-state index is 10.8. The van der Waals surface area contributed by atoms with Gasteiger partial charge in [-0.3, -0.25) is 0 Å². The molecule has 66 valence electrons. The molecule has 0 atom stereocenters. The van der Waals surface area contributed by atoms with Crippen LogP contribution in [-0.4, -0.2) is 0 Å². The highest BCUT2D eigenvalue weighted by molar-refractivity contribution is 9.10. The largest absolute Gasteiger partial charge is 0.428 e. The third-order valence-corrected chi connectivity index (χ3v) is 2.34. The molecular formula is C6H4BrCl2O2P. The fourth-order valence-corrected chi connectivity index (χ4v) is 1.86. The van der Waals surface area contributed by atoms with E-state index in [2.05, 4.69) is 15.9 Å². The molecule has 6 heteroatoms. The summed E-state index contributed by atoms with van der Waals surface area (Å²) in [5, 5.41) is 0. The molecular weight excluding hydrogens is 286 g/mol. The normalized spacial score (nSPS) is 11.2.